The smallest absolute Gasteiger partial charge is 0.0635 e. The van der Waals surface area contributed by atoms with E-state index in [4.69, 9.17) is 4.74 Å². The minimum Gasteiger partial charge on any atom is -0.378 e. The van der Waals surface area contributed by atoms with Crippen molar-refractivity contribution in [2.45, 2.75) is 37.4 Å². The summed E-state index contributed by atoms with van der Waals surface area (Å²) < 4.78 is 5.51. The van der Waals surface area contributed by atoms with E-state index < -0.39 is 0 Å². The first kappa shape index (κ1) is 8.21. The van der Waals surface area contributed by atoms with Crippen LogP contribution in [-0.4, -0.2) is 49.3 Å². The molecule has 2 saturated heterocycles. The van der Waals surface area contributed by atoms with Crippen LogP contribution in [-0.2, 0) is 4.74 Å². The highest BCUT2D eigenvalue weighted by Gasteiger charge is 2.40. The molecule has 0 radical (unpaired) electrons. The zero-order valence-electron chi connectivity index (χ0n) is 8.04. The van der Waals surface area contributed by atoms with Gasteiger partial charge in [-0.05, 0) is 12.8 Å². The van der Waals surface area contributed by atoms with E-state index in [2.05, 4.69) is 10.2 Å². The molecule has 3 nitrogen and oxygen atoms in total. The third-order valence-corrected chi connectivity index (χ3v) is 3.79. The van der Waals surface area contributed by atoms with E-state index in [-0.39, 0.29) is 0 Å². The summed E-state index contributed by atoms with van der Waals surface area (Å²) in [7, 11) is 0. The maximum absolute atomic E-state index is 5.51. The average molecular weight is 182 g/mol. The third-order valence-electron chi connectivity index (χ3n) is 3.79. The number of nitrogens with zero attached hydrogens (tertiary/aromatic N) is 1. The minimum absolute atomic E-state index is 0.660. The van der Waals surface area contributed by atoms with E-state index in [9.17, 15) is 0 Å². The summed E-state index contributed by atoms with van der Waals surface area (Å²) in [5, 5.41) is 3.66. The number of nitrogens with one attached hydrogen (secondary N) is 1. The van der Waals surface area contributed by atoms with Gasteiger partial charge in [0.25, 0.3) is 0 Å². The lowest BCUT2D eigenvalue weighted by Gasteiger charge is -2.46. The molecule has 0 amide bonds. The van der Waals surface area contributed by atoms with Crippen LogP contribution in [0.2, 0.25) is 0 Å². The van der Waals surface area contributed by atoms with Crippen molar-refractivity contribution in [1.29, 1.82) is 0 Å². The molecule has 0 spiro atoms. The fraction of sp³-hybridized carbons (Fsp3) is 1.00. The third kappa shape index (κ3) is 1.30. The van der Waals surface area contributed by atoms with Gasteiger partial charge in [0.1, 0.15) is 0 Å². The Balaban J connectivity index is 1.77. The molecular formula is C10H18N2O. The van der Waals surface area contributed by atoms with Gasteiger partial charge in [-0.1, -0.05) is 6.42 Å². The summed E-state index contributed by atoms with van der Waals surface area (Å²) in [5.41, 5.74) is 0. The largest absolute Gasteiger partial charge is 0.378 e. The molecular weight excluding hydrogens is 164 g/mol. The van der Waals surface area contributed by atoms with E-state index in [1.807, 2.05) is 0 Å². The molecule has 3 atom stereocenters. The van der Waals surface area contributed by atoms with Gasteiger partial charge in [-0.3, -0.25) is 4.90 Å². The Morgan fingerprint density at radius 3 is 3.31 bits per heavy atom. The fourth-order valence-electron chi connectivity index (χ4n) is 3.14. The Morgan fingerprint density at radius 1 is 1.31 bits per heavy atom. The number of morpholine rings is 1. The Labute approximate surface area is 79.4 Å². The molecule has 1 aliphatic carbocycles. The van der Waals surface area contributed by atoms with E-state index in [0.717, 1.165) is 38.4 Å². The van der Waals surface area contributed by atoms with E-state index in [1.165, 1.54) is 19.3 Å². The highest BCUT2D eigenvalue weighted by Crippen LogP contribution is 2.29. The quantitative estimate of drug-likeness (QED) is 0.579. The number of hydrogen-bond donors (Lipinski definition) is 1. The maximum Gasteiger partial charge on any atom is 0.0635 e. The summed E-state index contributed by atoms with van der Waals surface area (Å²) in [4.78, 5) is 2.69. The van der Waals surface area contributed by atoms with Crippen molar-refractivity contribution in [2.75, 3.05) is 26.3 Å². The van der Waals surface area contributed by atoms with Crippen LogP contribution >= 0.6 is 0 Å². The van der Waals surface area contributed by atoms with Crippen molar-refractivity contribution in [3.05, 3.63) is 0 Å². The van der Waals surface area contributed by atoms with Crippen molar-refractivity contribution < 1.29 is 4.74 Å². The molecule has 3 fully saturated rings. The van der Waals surface area contributed by atoms with Crippen LogP contribution in [0.1, 0.15) is 19.3 Å². The molecule has 1 N–H and O–H groups in total. The number of piperazine rings is 1. The van der Waals surface area contributed by atoms with E-state index in [1.54, 1.807) is 0 Å². The van der Waals surface area contributed by atoms with Gasteiger partial charge in [-0.2, -0.15) is 0 Å². The lowest BCUT2D eigenvalue weighted by molar-refractivity contribution is -0.0489. The molecule has 0 aromatic heterocycles. The van der Waals surface area contributed by atoms with Gasteiger partial charge in [0, 0.05) is 31.2 Å². The lowest BCUT2D eigenvalue weighted by atomic mass is 10.0. The van der Waals surface area contributed by atoms with Gasteiger partial charge in [0.05, 0.1) is 13.2 Å². The number of ether oxygens (including phenoxy) is 1. The fourth-order valence-corrected chi connectivity index (χ4v) is 3.14. The van der Waals surface area contributed by atoms with Gasteiger partial charge in [-0.25, -0.2) is 0 Å². The van der Waals surface area contributed by atoms with Crippen molar-refractivity contribution in [3.8, 4) is 0 Å². The highest BCUT2D eigenvalue weighted by molar-refractivity contribution is 4.98. The minimum atomic E-state index is 0.660. The standard InChI is InChI=1S/C10H18N2O/c1-2-9-10(3-1)12-4-5-13-7-8(12)6-11-9/h8-11H,1-7H2. The number of hydrogen-bond acceptors (Lipinski definition) is 3. The van der Waals surface area contributed by atoms with Crippen LogP contribution in [0.15, 0.2) is 0 Å². The van der Waals surface area contributed by atoms with Gasteiger partial charge in [-0.15, -0.1) is 0 Å². The number of fused-ring (bicyclic) bond motifs is 3. The van der Waals surface area contributed by atoms with Crippen LogP contribution in [0.3, 0.4) is 0 Å². The molecule has 74 valence electrons. The molecule has 3 aliphatic rings. The van der Waals surface area contributed by atoms with Crippen molar-refractivity contribution in [2.24, 2.45) is 0 Å². The second kappa shape index (κ2) is 3.23. The predicted octanol–water partition coefficient (Wildman–Crippen LogP) is 0.211. The normalized spacial score (nSPS) is 45.7. The molecule has 3 unspecified atom stereocenters. The van der Waals surface area contributed by atoms with Crippen LogP contribution < -0.4 is 5.32 Å². The zero-order valence-corrected chi connectivity index (χ0v) is 8.04. The van der Waals surface area contributed by atoms with Crippen LogP contribution in [0.25, 0.3) is 0 Å². The molecule has 1 saturated carbocycles. The Morgan fingerprint density at radius 2 is 2.31 bits per heavy atom. The van der Waals surface area contributed by atoms with Crippen LogP contribution in [0.4, 0.5) is 0 Å². The molecule has 3 heteroatoms. The maximum atomic E-state index is 5.51. The zero-order chi connectivity index (χ0) is 8.67. The van der Waals surface area contributed by atoms with Gasteiger partial charge < -0.3 is 10.1 Å². The van der Waals surface area contributed by atoms with Crippen molar-refractivity contribution in [1.82, 2.24) is 10.2 Å². The summed E-state index contributed by atoms with van der Waals surface area (Å²) in [6.45, 7) is 4.19. The SMILES string of the molecule is C1CC2NCC3COCCN3C2C1. The van der Waals surface area contributed by atoms with Gasteiger partial charge >= 0.3 is 0 Å². The Hall–Kier alpha value is -0.120. The topological polar surface area (TPSA) is 24.5 Å². The molecule has 0 bridgehead atoms. The Kier molecular flexibility index (Phi) is 2.04. The molecule has 2 aliphatic heterocycles. The molecule has 2 heterocycles. The first-order valence-corrected chi connectivity index (χ1v) is 5.52. The average Bonchev–Trinajstić information content (AvgIpc) is 2.65. The molecule has 0 aromatic rings. The summed E-state index contributed by atoms with van der Waals surface area (Å²) in [6, 6.07) is 2.27. The highest BCUT2D eigenvalue weighted by atomic mass is 16.5. The summed E-state index contributed by atoms with van der Waals surface area (Å²) >= 11 is 0. The first-order chi connectivity index (χ1) is 6.45. The molecule has 13 heavy (non-hydrogen) atoms. The van der Waals surface area contributed by atoms with Gasteiger partial charge in [0.15, 0.2) is 0 Å². The molecule has 3 rings (SSSR count). The van der Waals surface area contributed by atoms with E-state index >= 15 is 0 Å². The van der Waals surface area contributed by atoms with Crippen molar-refractivity contribution in [3.63, 3.8) is 0 Å². The number of rotatable bonds is 0. The van der Waals surface area contributed by atoms with Crippen molar-refractivity contribution >= 4 is 0 Å². The molecule has 0 aromatic carbocycles. The second-order valence-electron chi connectivity index (χ2n) is 4.48. The van der Waals surface area contributed by atoms with Crippen LogP contribution in [0.5, 0.6) is 0 Å². The lowest BCUT2D eigenvalue weighted by Crippen LogP contribution is -2.64. The summed E-state index contributed by atoms with van der Waals surface area (Å²) in [6.07, 6.45) is 4.19. The second-order valence-corrected chi connectivity index (χ2v) is 4.48. The Bertz CT molecular complexity index is 197. The first-order valence-electron chi connectivity index (χ1n) is 5.52. The monoisotopic (exact) mass is 182 g/mol. The van der Waals surface area contributed by atoms with Crippen LogP contribution in [0, 0.1) is 0 Å². The van der Waals surface area contributed by atoms with E-state index in [0.29, 0.717) is 6.04 Å². The summed E-state index contributed by atoms with van der Waals surface area (Å²) in [5.74, 6) is 0. The van der Waals surface area contributed by atoms with Gasteiger partial charge in [0.2, 0.25) is 0 Å². The predicted molar refractivity (Wildman–Crippen MR) is 50.7 cm³/mol.